The van der Waals surface area contributed by atoms with E-state index in [1.165, 1.54) is 44.5 Å². The summed E-state index contributed by atoms with van der Waals surface area (Å²) in [6, 6.07) is 0. The lowest BCUT2D eigenvalue weighted by atomic mass is 9.80. The van der Waals surface area contributed by atoms with Gasteiger partial charge in [0.2, 0.25) is 0 Å². The lowest BCUT2D eigenvalue weighted by molar-refractivity contribution is -0.870. The summed E-state index contributed by atoms with van der Waals surface area (Å²) in [5.74, 6) is -2.06. The number of nitrogens with zero attached hydrogens (tertiary/aromatic N) is 1. The summed E-state index contributed by atoms with van der Waals surface area (Å²) in [4.78, 5) is 21.3. The smallest absolute Gasteiger partial charge is 0.331 e. The van der Waals surface area contributed by atoms with Gasteiger partial charge in [-0.05, 0) is 19.8 Å². The van der Waals surface area contributed by atoms with Crippen molar-refractivity contribution in [3.63, 3.8) is 0 Å². The minimum atomic E-state index is -1.08. The van der Waals surface area contributed by atoms with E-state index in [0.29, 0.717) is 0 Å². The van der Waals surface area contributed by atoms with Crippen molar-refractivity contribution in [1.82, 2.24) is 0 Å². The number of halogens is 1. The van der Waals surface area contributed by atoms with Gasteiger partial charge in [-0.2, -0.15) is 0 Å². The van der Waals surface area contributed by atoms with Gasteiger partial charge in [0, 0.05) is 5.57 Å². The number of rotatable bonds is 5. The summed E-state index contributed by atoms with van der Waals surface area (Å²) in [7, 11) is 6.70. The Morgan fingerprint density at radius 3 is 2.14 bits per heavy atom. The molecule has 0 aliphatic heterocycles. The van der Waals surface area contributed by atoms with Gasteiger partial charge in [-0.3, -0.25) is 4.79 Å². The molecule has 0 fully saturated rings. The zero-order valence-electron chi connectivity index (χ0n) is 14.1. The van der Waals surface area contributed by atoms with Crippen LogP contribution in [0.1, 0.15) is 33.1 Å². The molecule has 0 heterocycles. The maximum absolute atomic E-state index is 10.8. The Balaban J connectivity index is 0. The van der Waals surface area contributed by atoms with Gasteiger partial charge >= 0.3 is 11.9 Å². The summed E-state index contributed by atoms with van der Waals surface area (Å²) in [5, 5.41) is 17.5. The van der Waals surface area contributed by atoms with E-state index in [-0.39, 0.29) is 24.4 Å². The largest absolute Gasteiger partial charge is 1.00 e. The van der Waals surface area contributed by atoms with E-state index >= 15 is 0 Å². The third-order valence-corrected chi connectivity index (χ3v) is 3.26. The SMILES string of the molecule is CC1(C(=O)O)C=CC=C(C(=O)O)C1.CCCC[N+](C)(C)C.[Cl-]. The fourth-order valence-electron chi connectivity index (χ4n) is 1.82. The summed E-state index contributed by atoms with van der Waals surface area (Å²) >= 11 is 0. The predicted octanol–water partition coefficient (Wildman–Crippen LogP) is -0.455. The Morgan fingerprint density at radius 2 is 1.82 bits per heavy atom. The van der Waals surface area contributed by atoms with Crippen molar-refractivity contribution in [3.8, 4) is 0 Å². The predicted molar refractivity (Wildman–Crippen MR) is 83.0 cm³/mol. The normalized spacial score (nSPS) is 20.1. The first-order chi connectivity index (χ1) is 9.52. The molecule has 0 aromatic rings. The minimum Gasteiger partial charge on any atom is -1.00 e. The molecule has 0 aromatic carbocycles. The average molecular weight is 334 g/mol. The summed E-state index contributed by atoms with van der Waals surface area (Å²) in [5.41, 5.74) is -0.949. The number of quaternary nitrogens is 1. The first-order valence-corrected chi connectivity index (χ1v) is 7.17. The van der Waals surface area contributed by atoms with Crippen LogP contribution in [-0.2, 0) is 9.59 Å². The zero-order valence-corrected chi connectivity index (χ0v) is 14.9. The van der Waals surface area contributed by atoms with Crippen molar-refractivity contribution in [2.75, 3.05) is 27.7 Å². The third kappa shape index (κ3) is 8.85. The van der Waals surface area contributed by atoms with Gasteiger partial charge < -0.3 is 27.1 Å². The number of unbranched alkanes of at least 4 members (excludes halogenated alkanes) is 1. The molecule has 128 valence electrons. The van der Waals surface area contributed by atoms with Gasteiger partial charge in [-0.15, -0.1) is 0 Å². The van der Waals surface area contributed by atoms with E-state index in [4.69, 9.17) is 10.2 Å². The van der Waals surface area contributed by atoms with Crippen LogP contribution in [0.4, 0.5) is 0 Å². The molecule has 0 aromatic heterocycles. The monoisotopic (exact) mass is 333 g/mol. The van der Waals surface area contributed by atoms with Crippen LogP contribution < -0.4 is 12.4 Å². The highest BCUT2D eigenvalue weighted by molar-refractivity contribution is 5.90. The van der Waals surface area contributed by atoms with E-state index in [0.717, 1.165) is 4.48 Å². The highest BCUT2D eigenvalue weighted by atomic mass is 35.5. The molecular formula is C16H28ClNO4. The molecule has 1 aliphatic rings. The Bertz CT molecular complexity index is 438. The summed E-state index contributed by atoms with van der Waals surface area (Å²) < 4.78 is 1.10. The second-order valence-corrected chi connectivity index (χ2v) is 6.62. The number of allylic oxidation sites excluding steroid dienone is 2. The van der Waals surface area contributed by atoms with E-state index in [9.17, 15) is 9.59 Å². The molecule has 1 atom stereocenters. The van der Waals surface area contributed by atoms with Gasteiger partial charge in [0.15, 0.2) is 0 Å². The molecule has 0 spiro atoms. The van der Waals surface area contributed by atoms with Crippen molar-refractivity contribution in [2.24, 2.45) is 5.41 Å². The Kier molecular flexibility index (Phi) is 10.1. The first kappa shape index (κ1) is 22.9. The topological polar surface area (TPSA) is 74.6 Å². The molecule has 1 aliphatic carbocycles. The molecule has 6 heteroatoms. The van der Waals surface area contributed by atoms with Gasteiger partial charge in [0.25, 0.3) is 0 Å². The number of carbonyl (C=O) groups is 2. The van der Waals surface area contributed by atoms with Crippen LogP contribution in [0.25, 0.3) is 0 Å². The van der Waals surface area contributed by atoms with Gasteiger partial charge in [-0.25, -0.2) is 4.79 Å². The number of hydrogen-bond donors (Lipinski definition) is 2. The first-order valence-electron chi connectivity index (χ1n) is 7.17. The molecule has 1 rings (SSSR count). The van der Waals surface area contributed by atoms with E-state index in [1.54, 1.807) is 0 Å². The van der Waals surface area contributed by atoms with Crippen LogP contribution in [0.15, 0.2) is 23.8 Å². The number of carboxylic acids is 2. The van der Waals surface area contributed by atoms with Crippen LogP contribution in [0.5, 0.6) is 0 Å². The van der Waals surface area contributed by atoms with E-state index in [1.807, 2.05) is 0 Å². The molecule has 0 saturated carbocycles. The Morgan fingerprint density at radius 1 is 1.27 bits per heavy atom. The second-order valence-electron chi connectivity index (χ2n) is 6.62. The van der Waals surface area contributed by atoms with E-state index in [2.05, 4.69) is 28.1 Å². The van der Waals surface area contributed by atoms with Crippen LogP contribution in [-0.4, -0.2) is 54.3 Å². The highest BCUT2D eigenvalue weighted by Gasteiger charge is 2.34. The molecule has 22 heavy (non-hydrogen) atoms. The van der Waals surface area contributed by atoms with Crippen LogP contribution in [0.3, 0.4) is 0 Å². The highest BCUT2D eigenvalue weighted by Crippen LogP contribution is 2.31. The lowest BCUT2D eigenvalue weighted by Gasteiger charge is -2.23. The fraction of sp³-hybridized carbons (Fsp3) is 0.625. The average Bonchev–Trinajstić information content (AvgIpc) is 2.36. The van der Waals surface area contributed by atoms with Crippen molar-refractivity contribution < 1.29 is 36.7 Å². The van der Waals surface area contributed by atoms with Crippen molar-refractivity contribution >= 4 is 11.9 Å². The molecule has 0 bridgehead atoms. The minimum absolute atomic E-state index is 0. The van der Waals surface area contributed by atoms with Crippen LogP contribution in [0.2, 0.25) is 0 Å². The maximum atomic E-state index is 10.8. The quantitative estimate of drug-likeness (QED) is 0.668. The van der Waals surface area contributed by atoms with Gasteiger partial charge in [0.1, 0.15) is 0 Å². The van der Waals surface area contributed by atoms with Crippen LogP contribution >= 0.6 is 0 Å². The van der Waals surface area contributed by atoms with Crippen LogP contribution in [0, 0.1) is 5.41 Å². The standard InChI is InChI=1S/C9H10O4.C7H18N.ClH/c1-9(8(12)13)4-2-3-6(5-9)7(10)11;1-5-6-7-8(2,3)4;/h2-4H,5H2,1H3,(H,10,11)(H,12,13);5-7H2,1-4H3;1H/q;+1;/p-1. The molecule has 1 unspecified atom stereocenters. The maximum Gasteiger partial charge on any atom is 0.331 e. The lowest BCUT2D eigenvalue weighted by Crippen LogP contribution is -3.00. The van der Waals surface area contributed by atoms with Crippen molar-refractivity contribution in [1.29, 1.82) is 0 Å². The fourth-order valence-corrected chi connectivity index (χ4v) is 1.82. The van der Waals surface area contributed by atoms with Crippen molar-refractivity contribution in [2.45, 2.75) is 33.1 Å². The van der Waals surface area contributed by atoms with Gasteiger partial charge in [-0.1, -0.05) is 31.6 Å². The molecule has 0 saturated heterocycles. The van der Waals surface area contributed by atoms with Gasteiger partial charge in [0.05, 0.1) is 33.1 Å². The van der Waals surface area contributed by atoms with Crippen molar-refractivity contribution in [3.05, 3.63) is 23.8 Å². The molecule has 0 radical (unpaired) electrons. The Labute approximate surface area is 139 Å². The molecular weight excluding hydrogens is 306 g/mol. The Hall–Kier alpha value is -1.33. The molecule has 2 N–H and O–H groups in total. The summed E-state index contributed by atoms with van der Waals surface area (Å²) in [6.45, 7) is 5.04. The number of carboxylic acid groups (broad SMARTS) is 2. The number of aliphatic carboxylic acids is 2. The second kappa shape index (κ2) is 9.64. The molecule has 5 nitrogen and oxygen atoms in total. The number of hydrogen-bond acceptors (Lipinski definition) is 2. The zero-order chi connectivity index (χ0) is 16.7. The molecule has 0 amide bonds. The third-order valence-electron chi connectivity index (χ3n) is 3.26. The van der Waals surface area contributed by atoms with E-state index < -0.39 is 17.4 Å². The summed E-state index contributed by atoms with van der Waals surface area (Å²) in [6.07, 6.45) is 7.10.